The van der Waals surface area contributed by atoms with Gasteiger partial charge in [-0.05, 0) is 42.0 Å². The predicted octanol–water partition coefficient (Wildman–Crippen LogP) is 4.47. The molecule has 0 amide bonds. The van der Waals surface area contributed by atoms with Crippen molar-refractivity contribution in [2.24, 2.45) is 0 Å². The number of benzene rings is 2. The van der Waals surface area contributed by atoms with Crippen molar-refractivity contribution in [1.82, 2.24) is 35.3 Å². The van der Waals surface area contributed by atoms with Crippen LogP contribution in [0.25, 0.3) is 33.2 Å². The normalized spacial score (nSPS) is 11.1. The molecule has 2 aromatic carbocycles. The maximum atomic E-state index is 12.8. The van der Waals surface area contributed by atoms with Crippen LogP contribution in [0, 0.1) is 0 Å². The summed E-state index contributed by atoms with van der Waals surface area (Å²) in [7, 11) is 1.58. The summed E-state index contributed by atoms with van der Waals surface area (Å²) in [5.74, 6) is 1.56. The van der Waals surface area contributed by atoms with Gasteiger partial charge in [-0.15, -0.1) is 0 Å². The minimum atomic E-state index is -0.0254. The summed E-state index contributed by atoms with van der Waals surface area (Å²) in [5.41, 5.74) is 4.77. The lowest BCUT2D eigenvalue weighted by molar-refractivity contribution is 0.0989. The molecular weight excluding hydrogens is 456 g/mol. The van der Waals surface area contributed by atoms with Gasteiger partial charge in [0, 0.05) is 40.2 Å². The van der Waals surface area contributed by atoms with Gasteiger partial charge in [0.2, 0.25) is 0 Å². The number of aromatic amines is 2. The molecule has 0 aliphatic carbocycles. The van der Waals surface area contributed by atoms with Gasteiger partial charge in [-0.1, -0.05) is 12.1 Å². The number of aromatic nitrogens is 7. The van der Waals surface area contributed by atoms with Crippen molar-refractivity contribution in [3.8, 4) is 17.1 Å². The molecule has 0 radical (unpaired) electrons. The number of carbonyl (C=O) groups is 1. The fourth-order valence-electron chi connectivity index (χ4n) is 4.03. The van der Waals surface area contributed by atoms with Crippen LogP contribution in [0.2, 0.25) is 0 Å². The number of hydrogen-bond donors (Lipinski definition) is 3. The number of nitrogens with one attached hydrogen (secondary N) is 3. The van der Waals surface area contributed by atoms with E-state index in [0.29, 0.717) is 23.1 Å². The molecule has 3 N–H and O–H groups in total. The molecule has 0 aliphatic rings. The molecule has 10 nitrogen and oxygen atoms in total. The summed E-state index contributed by atoms with van der Waals surface area (Å²) < 4.78 is 5.47. The fraction of sp³-hybridized carbons (Fsp3) is 0.0769. The van der Waals surface area contributed by atoms with Gasteiger partial charge in [0.05, 0.1) is 36.9 Å². The Kier molecular flexibility index (Phi) is 5.30. The van der Waals surface area contributed by atoms with E-state index in [2.05, 4.69) is 35.7 Å². The molecule has 6 rings (SSSR count). The molecule has 10 heteroatoms. The number of carbonyl (C=O) groups excluding carboxylic acids is 1. The van der Waals surface area contributed by atoms with Gasteiger partial charge in [-0.2, -0.15) is 15.3 Å². The third-order valence-corrected chi connectivity index (χ3v) is 5.87. The molecule has 6 aromatic rings. The lowest BCUT2D eigenvalue weighted by Gasteiger charge is -2.11. The molecule has 0 unspecified atom stereocenters. The Labute approximate surface area is 204 Å². The van der Waals surface area contributed by atoms with Gasteiger partial charge < -0.3 is 15.0 Å². The molecule has 0 fully saturated rings. The number of H-pyrrole nitrogens is 2. The van der Waals surface area contributed by atoms with Gasteiger partial charge in [-0.25, -0.2) is 9.97 Å². The number of nitrogens with zero attached hydrogens (tertiary/aromatic N) is 5. The molecule has 0 spiro atoms. The van der Waals surface area contributed by atoms with Crippen molar-refractivity contribution in [3.05, 3.63) is 84.6 Å². The SMILES string of the molecule is COc1cnc(-c2ccc3cc(C(=O)Cc4ccnnc4)[nH]c3c2)nc1Nc1ccc2[nH]ncc2c1. The smallest absolute Gasteiger partial charge is 0.183 e. The van der Waals surface area contributed by atoms with E-state index in [4.69, 9.17) is 9.72 Å². The van der Waals surface area contributed by atoms with Crippen LogP contribution in [0.15, 0.2) is 73.3 Å². The zero-order chi connectivity index (χ0) is 24.5. The van der Waals surface area contributed by atoms with E-state index in [1.54, 1.807) is 38.0 Å². The highest BCUT2D eigenvalue weighted by Crippen LogP contribution is 2.30. The van der Waals surface area contributed by atoms with Crippen LogP contribution in [0.4, 0.5) is 11.5 Å². The van der Waals surface area contributed by atoms with Gasteiger partial charge in [0.15, 0.2) is 23.2 Å². The molecule has 0 atom stereocenters. The second-order valence-electron chi connectivity index (χ2n) is 8.24. The number of fused-ring (bicyclic) bond motifs is 2. The summed E-state index contributed by atoms with van der Waals surface area (Å²) in [6.45, 7) is 0. The van der Waals surface area contributed by atoms with E-state index in [0.717, 1.165) is 38.6 Å². The quantitative estimate of drug-likeness (QED) is 0.287. The standard InChI is InChI=1S/C26H20N8O2/c1-36-24-14-27-25(33-26(24)31-19-4-5-20-18(9-19)13-30-34-20)17-3-2-16-10-22(32-21(16)11-17)23(35)8-15-6-7-28-29-12-15/h2-7,9-14,32H,8H2,1H3,(H,30,34)(H,27,31,33). The maximum Gasteiger partial charge on any atom is 0.183 e. The Hall–Kier alpha value is -5.12. The van der Waals surface area contributed by atoms with Crippen LogP contribution in [0.3, 0.4) is 0 Å². The second-order valence-corrected chi connectivity index (χ2v) is 8.24. The first-order chi connectivity index (χ1) is 17.7. The Balaban J connectivity index is 1.29. The highest BCUT2D eigenvalue weighted by molar-refractivity contribution is 6.01. The molecule has 0 aliphatic heterocycles. The second kappa shape index (κ2) is 8.91. The number of hydrogen-bond acceptors (Lipinski definition) is 8. The molecular formula is C26H20N8O2. The lowest BCUT2D eigenvalue weighted by Crippen LogP contribution is -2.04. The lowest BCUT2D eigenvalue weighted by atomic mass is 10.1. The first-order valence-corrected chi connectivity index (χ1v) is 11.2. The highest BCUT2D eigenvalue weighted by Gasteiger charge is 2.14. The van der Waals surface area contributed by atoms with Crippen molar-refractivity contribution >= 4 is 39.1 Å². The Morgan fingerprint density at radius 3 is 2.78 bits per heavy atom. The number of ketones is 1. The third-order valence-electron chi connectivity index (χ3n) is 5.87. The van der Waals surface area contributed by atoms with E-state index in [1.165, 1.54) is 0 Å². The average Bonchev–Trinajstić information content (AvgIpc) is 3.55. The maximum absolute atomic E-state index is 12.8. The zero-order valence-corrected chi connectivity index (χ0v) is 19.2. The minimum Gasteiger partial charge on any atom is -0.491 e. The van der Waals surface area contributed by atoms with Crippen LogP contribution < -0.4 is 10.1 Å². The Morgan fingerprint density at radius 2 is 1.92 bits per heavy atom. The van der Waals surface area contributed by atoms with Crippen LogP contribution in [-0.4, -0.2) is 48.2 Å². The van der Waals surface area contributed by atoms with Crippen molar-refractivity contribution in [1.29, 1.82) is 0 Å². The number of rotatable bonds is 7. The van der Waals surface area contributed by atoms with Gasteiger partial charge >= 0.3 is 0 Å². The molecule has 0 bridgehead atoms. The summed E-state index contributed by atoms with van der Waals surface area (Å²) in [5, 5.41) is 19.8. The van der Waals surface area contributed by atoms with E-state index >= 15 is 0 Å². The topological polar surface area (TPSA) is 134 Å². The Bertz CT molecular complexity index is 1710. The molecule has 36 heavy (non-hydrogen) atoms. The fourth-order valence-corrected chi connectivity index (χ4v) is 4.03. The number of methoxy groups -OCH3 is 1. The number of anilines is 2. The summed E-state index contributed by atoms with van der Waals surface area (Å²) in [6.07, 6.45) is 6.82. The molecule has 0 saturated carbocycles. The highest BCUT2D eigenvalue weighted by atomic mass is 16.5. The van der Waals surface area contributed by atoms with Crippen LogP contribution in [-0.2, 0) is 6.42 Å². The monoisotopic (exact) mass is 476 g/mol. The van der Waals surface area contributed by atoms with E-state index in [9.17, 15) is 4.79 Å². The van der Waals surface area contributed by atoms with Gasteiger partial charge in [-0.3, -0.25) is 9.89 Å². The zero-order valence-electron chi connectivity index (χ0n) is 19.2. The third kappa shape index (κ3) is 4.11. The average molecular weight is 477 g/mol. The first-order valence-electron chi connectivity index (χ1n) is 11.2. The Morgan fingerprint density at radius 1 is 0.972 bits per heavy atom. The molecule has 4 heterocycles. The van der Waals surface area contributed by atoms with Crippen molar-refractivity contribution in [2.75, 3.05) is 12.4 Å². The van der Waals surface area contributed by atoms with E-state index < -0.39 is 0 Å². The number of Topliss-reactive ketones (excluding diaryl/α,β-unsaturated/α-hetero) is 1. The number of ether oxygens (including phenoxy) is 1. The van der Waals surface area contributed by atoms with Gasteiger partial charge in [0.25, 0.3) is 0 Å². The van der Waals surface area contributed by atoms with Gasteiger partial charge in [0.1, 0.15) is 0 Å². The predicted molar refractivity (Wildman–Crippen MR) is 135 cm³/mol. The molecule has 176 valence electrons. The molecule has 4 aromatic heterocycles. The van der Waals surface area contributed by atoms with Crippen molar-refractivity contribution in [3.63, 3.8) is 0 Å². The van der Waals surface area contributed by atoms with E-state index in [-0.39, 0.29) is 12.2 Å². The molecule has 0 saturated heterocycles. The summed E-state index contributed by atoms with van der Waals surface area (Å²) in [4.78, 5) is 25.2. The summed E-state index contributed by atoms with van der Waals surface area (Å²) in [6, 6.07) is 15.3. The van der Waals surface area contributed by atoms with Crippen LogP contribution in [0.1, 0.15) is 16.1 Å². The van der Waals surface area contributed by atoms with Crippen LogP contribution in [0.5, 0.6) is 5.75 Å². The van der Waals surface area contributed by atoms with Crippen LogP contribution >= 0.6 is 0 Å². The summed E-state index contributed by atoms with van der Waals surface area (Å²) >= 11 is 0. The largest absolute Gasteiger partial charge is 0.491 e. The van der Waals surface area contributed by atoms with Crippen molar-refractivity contribution in [2.45, 2.75) is 6.42 Å². The minimum absolute atomic E-state index is 0.0254. The van der Waals surface area contributed by atoms with E-state index in [1.807, 2.05) is 42.5 Å². The first kappa shape index (κ1) is 21.4. The van der Waals surface area contributed by atoms with Crippen molar-refractivity contribution < 1.29 is 9.53 Å².